The molecule has 1 aromatic carbocycles. The smallest absolute Gasteiger partial charge is 0.332 e. The fraction of sp³-hybridized carbons (Fsp3) is 0.375. The summed E-state index contributed by atoms with van der Waals surface area (Å²) in [5.41, 5.74) is 4.60. The number of aryl methyl sites for hydroxylation is 4. The molecule has 0 atom stereocenters. The normalized spacial score (nSPS) is 13.5. The van der Waals surface area contributed by atoms with Gasteiger partial charge in [0.05, 0.1) is 0 Å². The maximum Gasteiger partial charge on any atom is 0.332 e. The third kappa shape index (κ3) is 3.91. The molecule has 0 saturated carbocycles. The summed E-state index contributed by atoms with van der Waals surface area (Å²) >= 11 is 1.55. The van der Waals surface area contributed by atoms with Gasteiger partial charge in [-0.25, -0.2) is 14.8 Å². The van der Waals surface area contributed by atoms with Crippen LogP contribution in [0.15, 0.2) is 45.1 Å². The van der Waals surface area contributed by atoms with E-state index in [2.05, 4.69) is 33.1 Å². The van der Waals surface area contributed by atoms with Crippen molar-refractivity contribution in [3.8, 4) is 0 Å². The molecule has 9 nitrogen and oxygen atoms in total. The molecule has 0 spiro atoms. The first kappa shape index (κ1) is 22.4. The highest BCUT2D eigenvalue weighted by atomic mass is 32.2. The van der Waals surface area contributed by atoms with E-state index in [4.69, 9.17) is 4.98 Å². The summed E-state index contributed by atoms with van der Waals surface area (Å²) in [6.45, 7) is 5.96. The molecule has 4 aromatic rings. The Morgan fingerprint density at radius 3 is 2.41 bits per heavy atom. The Balaban J connectivity index is 1.55. The minimum atomic E-state index is -0.379. The second kappa shape index (κ2) is 8.75. The number of fused-ring (bicyclic) bond motifs is 2. The van der Waals surface area contributed by atoms with Gasteiger partial charge in [0, 0.05) is 50.9 Å². The molecule has 10 heteroatoms. The predicted octanol–water partition coefficient (Wildman–Crippen LogP) is 2.20. The highest BCUT2D eigenvalue weighted by Gasteiger charge is 2.25. The fourth-order valence-electron chi connectivity index (χ4n) is 4.54. The van der Waals surface area contributed by atoms with Gasteiger partial charge in [-0.3, -0.25) is 13.9 Å². The molecule has 1 aliphatic rings. The zero-order valence-electron chi connectivity index (χ0n) is 19.8. The van der Waals surface area contributed by atoms with E-state index in [1.807, 2.05) is 30.5 Å². The van der Waals surface area contributed by atoms with Crippen molar-refractivity contribution >= 4 is 28.9 Å². The van der Waals surface area contributed by atoms with E-state index in [0.29, 0.717) is 36.0 Å². The van der Waals surface area contributed by atoms with Crippen molar-refractivity contribution in [1.29, 1.82) is 0 Å². The molecular weight excluding hydrogens is 450 g/mol. The van der Waals surface area contributed by atoms with Gasteiger partial charge in [0.1, 0.15) is 0 Å². The van der Waals surface area contributed by atoms with Crippen molar-refractivity contribution < 1.29 is 0 Å². The predicted molar refractivity (Wildman–Crippen MR) is 134 cm³/mol. The molecule has 0 N–H and O–H groups in total. The molecule has 176 valence electrons. The van der Waals surface area contributed by atoms with Gasteiger partial charge < -0.3 is 9.47 Å². The molecule has 5 rings (SSSR count). The fourth-order valence-corrected chi connectivity index (χ4v) is 5.41. The van der Waals surface area contributed by atoms with Crippen LogP contribution in [0, 0.1) is 13.8 Å². The van der Waals surface area contributed by atoms with Crippen LogP contribution < -0.4 is 16.1 Å². The highest BCUT2D eigenvalue weighted by molar-refractivity contribution is 7.99. The highest BCUT2D eigenvalue weighted by Crippen LogP contribution is 2.27. The van der Waals surface area contributed by atoms with Crippen LogP contribution in [-0.2, 0) is 33.6 Å². The van der Waals surface area contributed by atoms with Gasteiger partial charge in [0.2, 0.25) is 5.95 Å². The lowest BCUT2D eigenvalue weighted by Crippen LogP contribution is -2.37. The van der Waals surface area contributed by atoms with E-state index >= 15 is 0 Å². The first-order chi connectivity index (χ1) is 16.3. The van der Waals surface area contributed by atoms with Crippen LogP contribution in [0.2, 0.25) is 0 Å². The SMILES string of the molecule is Cc1cc(C)nc(SCCn2c(N3CCc4ccccc4C3)nc3c2c(=O)n(C)c(=O)n3C)n1. The standard InChI is InChI=1S/C24H27N7O2S/c1-15-13-16(2)26-22(25-15)34-12-11-31-19-20(28(3)24(33)29(4)21(19)32)27-23(31)30-10-9-17-7-5-6-8-18(17)14-30/h5-8,13H,9-12,14H2,1-4H3. The lowest BCUT2D eigenvalue weighted by Gasteiger charge is -2.30. The summed E-state index contributed by atoms with van der Waals surface area (Å²) in [4.78, 5) is 41.8. The van der Waals surface area contributed by atoms with Gasteiger partial charge in [-0.1, -0.05) is 36.0 Å². The Labute approximate surface area is 201 Å². The van der Waals surface area contributed by atoms with Crippen LogP contribution >= 0.6 is 11.8 Å². The quantitative estimate of drug-likeness (QED) is 0.321. The molecule has 0 saturated heterocycles. The summed E-state index contributed by atoms with van der Waals surface area (Å²) in [7, 11) is 3.17. The summed E-state index contributed by atoms with van der Waals surface area (Å²) in [6, 6.07) is 10.4. The number of anilines is 1. The Hall–Kier alpha value is -3.40. The van der Waals surface area contributed by atoms with Crippen LogP contribution in [0.3, 0.4) is 0 Å². The number of thioether (sulfide) groups is 1. The molecule has 0 amide bonds. The van der Waals surface area contributed by atoms with Crippen LogP contribution in [0.1, 0.15) is 22.5 Å². The first-order valence-electron chi connectivity index (χ1n) is 11.3. The Kier molecular flexibility index (Phi) is 5.76. The summed E-state index contributed by atoms with van der Waals surface area (Å²) in [5.74, 6) is 1.38. The van der Waals surface area contributed by atoms with Crippen molar-refractivity contribution in [2.75, 3.05) is 17.2 Å². The molecule has 0 unspecified atom stereocenters. The molecule has 0 fully saturated rings. The van der Waals surface area contributed by atoms with Crippen molar-refractivity contribution in [2.24, 2.45) is 14.1 Å². The maximum absolute atomic E-state index is 13.2. The average Bonchev–Trinajstić information content (AvgIpc) is 3.20. The van der Waals surface area contributed by atoms with Gasteiger partial charge in [0.25, 0.3) is 5.56 Å². The first-order valence-corrected chi connectivity index (χ1v) is 12.2. The lowest BCUT2D eigenvalue weighted by atomic mass is 10.0. The largest absolute Gasteiger partial charge is 0.338 e. The minimum Gasteiger partial charge on any atom is -0.338 e. The Morgan fingerprint density at radius 2 is 1.68 bits per heavy atom. The Morgan fingerprint density at radius 1 is 0.971 bits per heavy atom. The van der Waals surface area contributed by atoms with Crippen LogP contribution in [-0.4, -0.2) is 41.0 Å². The number of benzene rings is 1. The van der Waals surface area contributed by atoms with E-state index in [9.17, 15) is 9.59 Å². The van der Waals surface area contributed by atoms with E-state index < -0.39 is 0 Å². The third-order valence-corrected chi connectivity index (χ3v) is 7.08. The number of nitrogens with zero attached hydrogens (tertiary/aromatic N) is 7. The second-order valence-corrected chi connectivity index (χ2v) is 9.73. The van der Waals surface area contributed by atoms with E-state index in [-0.39, 0.29) is 11.2 Å². The molecule has 4 heterocycles. The van der Waals surface area contributed by atoms with E-state index in [1.165, 1.54) is 22.7 Å². The van der Waals surface area contributed by atoms with Crippen molar-refractivity contribution in [3.63, 3.8) is 0 Å². The van der Waals surface area contributed by atoms with Crippen molar-refractivity contribution in [3.05, 3.63) is 73.7 Å². The molecule has 1 aliphatic heterocycles. The number of hydrogen-bond donors (Lipinski definition) is 0. The lowest BCUT2D eigenvalue weighted by molar-refractivity contribution is 0.668. The average molecular weight is 478 g/mol. The summed E-state index contributed by atoms with van der Waals surface area (Å²) < 4.78 is 4.56. The maximum atomic E-state index is 13.2. The topological polar surface area (TPSA) is 90.8 Å². The number of aromatic nitrogens is 6. The minimum absolute atomic E-state index is 0.332. The van der Waals surface area contributed by atoms with Crippen LogP contribution in [0.4, 0.5) is 5.95 Å². The number of rotatable bonds is 5. The number of hydrogen-bond acceptors (Lipinski definition) is 7. The van der Waals surface area contributed by atoms with Crippen molar-refractivity contribution in [1.82, 2.24) is 28.7 Å². The van der Waals surface area contributed by atoms with Crippen molar-refractivity contribution in [2.45, 2.75) is 38.5 Å². The summed E-state index contributed by atoms with van der Waals surface area (Å²) in [6.07, 6.45) is 0.904. The van der Waals surface area contributed by atoms with Crippen LogP contribution in [0.25, 0.3) is 11.2 Å². The zero-order chi connectivity index (χ0) is 24.0. The van der Waals surface area contributed by atoms with Gasteiger partial charge in [-0.2, -0.15) is 4.98 Å². The molecule has 0 radical (unpaired) electrons. The second-order valence-electron chi connectivity index (χ2n) is 8.66. The summed E-state index contributed by atoms with van der Waals surface area (Å²) in [5, 5.41) is 0.718. The van der Waals surface area contributed by atoms with Gasteiger partial charge >= 0.3 is 5.69 Å². The Bertz CT molecular complexity index is 1500. The monoisotopic (exact) mass is 477 g/mol. The van der Waals surface area contributed by atoms with Gasteiger partial charge in [-0.15, -0.1) is 0 Å². The molecule has 34 heavy (non-hydrogen) atoms. The molecule has 0 bridgehead atoms. The number of imidazole rings is 1. The van der Waals surface area contributed by atoms with Gasteiger partial charge in [-0.05, 0) is 37.5 Å². The molecular formula is C24H27N7O2S. The molecule has 3 aromatic heterocycles. The zero-order valence-corrected chi connectivity index (χ0v) is 20.6. The van der Waals surface area contributed by atoms with Crippen LogP contribution in [0.5, 0.6) is 0 Å². The van der Waals surface area contributed by atoms with E-state index in [0.717, 1.165) is 34.1 Å². The molecule has 0 aliphatic carbocycles. The third-order valence-electron chi connectivity index (χ3n) is 6.25. The van der Waals surface area contributed by atoms with E-state index in [1.54, 1.807) is 18.8 Å². The van der Waals surface area contributed by atoms with Gasteiger partial charge in [0.15, 0.2) is 16.3 Å².